The van der Waals surface area contributed by atoms with Crippen LogP contribution in [-0.2, 0) is 4.79 Å². The second-order valence-corrected chi connectivity index (χ2v) is 5.88. The van der Waals surface area contributed by atoms with Crippen LogP contribution in [0.3, 0.4) is 0 Å². The summed E-state index contributed by atoms with van der Waals surface area (Å²) in [5.41, 5.74) is 2.77. The minimum atomic E-state index is -0.377. The predicted molar refractivity (Wildman–Crippen MR) is 82.8 cm³/mol. The van der Waals surface area contributed by atoms with E-state index >= 15 is 0 Å². The first-order valence-corrected chi connectivity index (χ1v) is 6.96. The fourth-order valence-electron chi connectivity index (χ4n) is 1.84. The molecule has 0 aliphatic rings. The molecule has 3 nitrogen and oxygen atoms in total. The monoisotopic (exact) mass is 262 g/mol. The van der Waals surface area contributed by atoms with Crippen LogP contribution in [-0.4, -0.2) is 19.0 Å². The summed E-state index contributed by atoms with van der Waals surface area (Å²) in [5.74, 6) is 0.0484. The van der Waals surface area contributed by atoms with Gasteiger partial charge in [-0.1, -0.05) is 26.8 Å². The zero-order valence-electron chi connectivity index (χ0n) is 13.0. The van der Waals surface area contributed by atoms with Gasteiger partial charge in [-0.3, -0.25) is 4.79 Å². The summed E-state index contributed by atoms with van der Waals surface area (Å²) in [6.45, 7) is 14.0. The Morgan fingerprint density at radius 3 is 2.26 bits per heavy atom. The van der Waals surface area contributed by atoms with Crippen molar-refractivity contribution in [2.45, 2.75) is 41.5 Å². The minimum Gasteiger partial charge on any atom is -0.372 e. The molecule has 1 aromatic rings. The van der Waals surface area contributed by atoms with Crippen molar-refractivity contribution >= 4 is 17.3 Å². The smallest absolute Gasteiger partial charge is 0.229 e. The SMILES string of the molecule is CCN(CC)c1ccc(C)c(NC(=O)C(C)(C)C)c1. The third kappa shape index (κ3) is 3.98. The van der Waals surface area contributed by atoms with E-state index in [1.54, 1.807) is 0 Å². The number of hydrogen-bond acceptors (Lipinski definition) is 2. The van der Waals surface area contributed by atoms with Gasteiger partial charge in [-0.25, -0.2) is 0 Å². The third-order valence-electron chi connectivity index (χ3n) is 3.28. The number of nitrogens with zero attached hydrogens (tertiary/aromatic N) is 1. The maximum Gasteiger partial charge on any atom is 0.229 e. The largest absolute Gasteiger partial charge is 0.372 e. The number of nitrogens with one attached hydrogen (secondary N) is 1. The molecule has 1 aromatic carbocycles. The number of carbonyl (C=O) groups excluding carboxylic acids is 1. The lowest BCUT2D eigenvalue weighted by Crippen LogP contribution is -2.28. The standard InChI is InChI=1S/C16H26N2O/c1-7-18(8-2)13-10-9-12(3)14(11-13)17-15(19)16(4,5)6/h9-11H,7-8H2,1-6H3,(H,17,19). The van der Waals surface area contributed by atoms with Crippen molar-refractivity contribution in [3.05, 3.63) is 23.8 Å². The Kier molecular flexibility index (Phi) is 4.98. The summed E-state index contributed by atoms with van der Waals surface area (Å²) in [5, 5.41) is 3.03. The fraction of sp³-hybridized carbons (Fsp3) is 0.562. The lowest BCUT2D eigenvalue weighted by molar-refractivity contribution is -0.123. The van der Waals surface area contributed by atoms with Crippen molar-refractivity contribution < 1.29 is 4.79 Å². The van der Waals surface area contributed by atoms with Crippen LogP contribution in [0, 0.1) is 12.3 Å². The Labute approximate surface area is 117 Å². The van der Waals surface area contributed by atoms with E-state index in [1.165, 1.54) is 0 Å². The van der Waals surface area contributed by atoms with Gasteiger partial charge >= 0.3 is 0 Å². The number of amides is 1. The van der Waals surface area contributed by atoms with Crippen molar-refractivity contribution in [1.82, 2.24) is 0 Å². The highest BCUT2D eigenvalue weighted by Crippen LogP contribution is 2.25. The maximum absolute atomic E-state index is 12.1. The molecule has 0 aliphatic carbocycles. The molecule has 0 unspecified atom stereocenters. The van der Waals surface area contributed by atoms with Crippen LogP contribution < -0.4 is 10.2 Å². The van der Waals surface area contributed by atoms with Gasteiger partial charge in [-0.15, -0.1) is 0 Å². The Balaban J connectivity index is 3.01. The van der Waals surface area contributed by atoms with E-state index < -0.39 is 0 Å². The van der Waals surface area contributed by atoms with Gasteiger partial charge in [0.25, 0.3) is 0 Å². The highest BCUT2D eigenvalue weighted by Gasteiger charge is 2.21. The number of anilines is 2. The number of hydrogen-bond donors (Lipinski definition) is 1. The van der Waals surface area contributed by atoms with Crippen LogP contribution in [0.25, 0.3) is 0 Å². The topological polar surface area (TPSA) is 32.3 Å². The number of aryl methyl sites for hydroxylation is 1. The van der Waals surface area contributed by atoms with Crippen LogP contribution in [0.2, 0.25) is 0 Å². The third-order valence-corrected chi connectivity index (χ3v) is 3.28. The highest BCUT2D eigenvalue weighted by atomic mass is 16.2. The first-order valence-electron chi connectivity index (χ1n) is 6.96. The molecule has 0 bridgehead atoms. The van der Waals surface area contributed by atoms with E-state index in [-0.39, 0.29) is 11.3 Å². The Morgan fingerprint density at radius 1 is 1.21 bits per heavy atom. The molecule has 0 spiro atoms. The summed E-state index contributed by atoms with van der Waals surface area (Å²) in [4.78, 5) is 14.4. The van der Waals surface area contributed by atoms with E-state index in [2.05, 4.69) is 42.3 Å². The molecular formula is C16H26N2O. The first-order chi connectivity index (χ1) is 8.79. The Bertz CT molecular complexity index is 443. The second kappa shape index (κ2) is 6.09. The molecular weight excluding hydrogens is 236 g/mol. The van der Waals surface area contributed by atoms with E-state index in [9.17, 15) is 4.79 Å². The van der Waals surface area contributed by atoms with Crippen molar-refractivity contribution in [3.8, 4) is 0 Å². The molecule has 0 fully saturated rings. The van der Waals surface area contributed by atoms with Crippen LogP contribution in [0.5, 0.6) is 0 Å². The molecule has 0 radical (unpaired) electrons. The molecule has 1 amide bonds. The zero-order chi connectivity index (χ0) is 14.6. The maximum atomic E-state index is 12.1. The van der Waals surface area contributed by atoms with E-state index in [4.69, 9.17) is 0 Å². The van der Waals surface area contributed by atoms with E-state index in [0.717, 1.165) is 30.0 Å². The molecule has 0 saturated carbocycles. The average molecular weight is 262 g/mol. The van der Waals surface area contributed by atoms with Crippen molar-refractivity contribution in [2.75, 3.05) is 23.3 Å². The summed E-state index contributed by atoms with van der Waals surface area (Å²) < 4.78 is 0. The first kappa shape index (κ1) is 15.5. The minimum absolute atomic E-state index is 0.0484. The number of rotatable bonds is 4. The summed E-state index contributed by atoms with van der Waals surface area (Å²) in [6.07, 6.45) is 0. The van der Waals surface area contributed by atoms with Gasteiger partial charge in [0.2, 0.25) is 5.91 Å². The predicted octanol–water partition coefficient (Wildman–Crippen LogP) is 3.83. The fourth-order valence-corrected chi connectivity index (χ4v) is 1.84. The van der Waals surface area contributed by atoms with Crippen LogP contribution in [0.1, 0.15) is 40.2 Å². The second-order valence-electron chi connectivity index (χ2n) is 5.88. The molecule has 3 heteroatoms. The van der Waals surface area contributed by atoms with Gasteiger partial charge in [0.15, 0.2) is 0 Å². The quantitative estimate of drug-likeness (QED) is 0.894. The van der Waals surface area contributed by atoms with Crippen LogP contribution >= 0.6 is 0 Å². The lowest BCUT2D eigenvalue weighted by Gasteiger charge is -2.24. The van der Waals surface area contributed by atoms with Gasteiger partial charge < -0.3 is 10.2 Å². The van der Waals surface area contributed by atoms with Gasteiger partial charge in [-0.2, -0.15) is 0 Å². The molecule has 0 aromatic heterocycles. The molecule has 1 N–H and O–H groups in total. The highest BCUT2D eigenvalue weighted by molar-refractivity contribution is 5.95. The summed E-state index contributed by atoms with van der Waals surface area (Å²) in [6, 6.07) is 6.23. The Morgan fingerprint density at radius 2 is 1.79 bits per heavy atom. The molecule has 19 heavy (non-hydrogen) atoms. The van der Waals surface area contributed by atoms with Crippen LogP contribution in [0.4, 0.5) is 11.4 Å². The van der Waals surface area contributed by atoms with Crippen molar-refractivity contribution in [2.24, 2.45) is 5.41 Å². The Hall–Kier alpha value is -1.51. The zero-order valence-corrected chi connectivity index (χ0v) is 13.0. The van der Waals surface area contributed by atoms with Crippen molar-refractivity contribution in [3.63, 3.8) is 0 Å². The molecule has 1 rings (SSSR count). The molecule has 106 valence electrons. The van der Waals surface area contributed by atoms with Gasteiger partial charge in [-0.05, 0) is 38.5 Å². The average Bonchev–Trinajstić information content (AvgIpc) is 2.33. The van der Waals surface area contributed by atoms with E-state index in [1.807, 2.05) is 27.7 Å². The van der Waals surface area contributed by atoms with Gasteiger partial charge in [0, 0.05) is 29.9 Å². The molecule has 0 aliphatic heterocycles. The molecule has 0 heterocycles. The van der Waals surface area contributed by atoms with Crippen molar-refractivity contribution in [1.29, 1.82) is 0 Å². The number of benzene rings is 1. The molecule has 0 saturated heterocycles. The van der Waals surface area contributed by atoms with E-state index in [0.29, 0.717) is 0 Å². The summed E-state index contributed by atoms with van der Waals surface area (Å²) in [7, 11) is 0. The normalized spacial score (nSPS) is 11.3. The lowest BCUT2D eigenvalue weighted by atomic mass is 9.95. The summed E-state index contributed by atoms with van der Waals surface area (Å²) >= 11 is 0. The number of carbonyl (C=O) groups is 1. The van der Waals surface area contributed by atoms with Crippen LogP contribution in [0.15, 0.2) is 18.2 Å². The van der Waals surface area contributed by atoms with Gasteiger partial charge in [0.05, 0.1) is 0 Å². The molecule has 0 atom stereocenters. The van der Waals surface area contributed by atoms with Gasteiger partial charge in [0.1, 0.15) is 0 Å².